The zero-order chi connectivity index (χ0) is 15.2. The van der Waals surface area contributed by atoms with Crippen molar-refractivity contribution in [1.29, 1.82) is 0 Å². The van der Waals surface area contributed by atoms with Gasteiger partial charge in [-0.15, -0.1) is 0 Å². The van der Waals surface area contributed by atoms with Crippen molar-refractivity contribution in [3.63, 3.8) is 0 Å². The third kappa shape index (κ3) is 5.37. The van der Waals surface area contributed by atoms with Gasteiger partial charge >= 0.3 is 0 Å². The van der Waals surface area contributed by atoms with E-state index in [2.05, 4.69) is 39.9 Å². The van der Waals surface area contributed by atoms with Crippen LogP contribution in [0.5, 0.6) is 0 Å². The third-order valence-electron chi connectivity index (χ3n) is 5.33. The van der Waals surface area contributed by atoms with Crippen LogP contribution in [-0.2, 0) is 4.74 Å². The van der Waals surface area contributed by atoms with Crippen LogP contribution in [0.15, 0.2) is 0 Å². The highest BCUT2D eigenvalue weighted by Crippen LogP contribution is 2.41. The Morgan fingerprint density at radius 3 is 2.20 bits per heavy atom. The van der Waals surface area contributed by atoms with Crippen LogP contribution in [0.2, 0.25) is 0 Å². The maximum Gasteiger partial charge on any atom is 0.0465 e. The van der Waals surface area contributed by atoms with Crippen molar-refractivity contribution in [3.8, 4) is 0 Å². The molecule has 1 saturated carbocycles. The highest BCUT2D eigenvalue weighted by Gasteiger charge is 2.34. The Hall–Kier alpha value is -0.0800. The average Bonchev–Trinajstić information content (AvgIpc) is 2.41. The van der Waals surface area contributed by atoms with E-state index in [1.165, 1.54) is 32.1 Å². The van der Waals surface area contributed by atoms with Gasteiger partial charge in [-0.2, -0.15) is 0 Å². The summed E-state index contributed by atoms with van der Waals surface area (Å²) < 4.78 is 5.26. The average molecular weight is 284 g/mol. The van der Waals surface area contributed by atoms with Gasteiger partial charge in [0.25, 0.3) is 0 Å². The van der Waals surface area contributed by atoms with Crippen LogP contribution in [0.1, 0.15) is 66.7 Å². The van der Waals surface area contributed by atoms with E-state index in [9.17, 15) is 0 Å². The minimum Gasteiger partial charge on any atom is -0.385 e. The Balaban J connectivity index is 2.53. The van der Waals surface area contributed by atoms with Crippen LogP contribution < -0.4 is 5.32 Å². The zero-order valence-electron chi connectivity index (χ0n) is 14.7. The van der Waals surface area contributed by atoms with Gasteiger partial charge < -0.3 is 10.1 Å². The lowest BCUT2D eigenvalue weighted by atomic mass is 9.67. The summed E-state index contributed by atoms with van der Waals surface area (Å²) in [6.45, 7) is 13.8. The molecule has 0 radical (unpaired) electrons. The van der Waals surface area contributed by atoms with Crippen LogP contribution in [0.25, 0.3) is 0 Å². The van der Waals surface area contributed by atoms with Crippen LogP contribution in [0, 0.1) is 23.2 Å². The van der Waals surface area contributed by atoms with Gasteiger partial charge in [0.2, 0.25) is 0 Å². The molecule has 0 spiro atoms. The minimum atomic E-state index is 0.486. The second-order valence-corrected chi connectivity index (χ2v) is 7.82. The molecule has 1 aliphatic carbocycles. The Kier molecular flexibility index (Phi) is 7.53. The Bertz CT molecular complexity index is 251. The van der Waals surface area contributed by atoms with Crippen molar-refractivity contribution >= 4 is 0 Å². The smallest absolute Gasteiger partial charge is 0.0465 e. The van der Waals surface area contributed by atoms with E-state index >= 15 is 0 Å². The molecule has 1 aliphatic rings. The molecule has 1 fully saturated rings. The number of hydrogen-bond acceptors (Lipinski definition) is 2. The fraction of sp³-hybridized carbons (Fsp3) is 1.00. The Morgan fingerprint density at radius 1 is 1.15 bits per heavy atom. The summed E-state index contributed by atoms with van der Waals surface area (Å²) in [7, 11) is 1.81. The molecule has 120 valence electrons. The molecule has 0 aromatic heterocycles. The van der Waals surface area contributed by atoms with Gasteiger partial charge in [-0.25, -0.2) is 0 Å². The molecule has 2 nitrogen and oxygen atoms in total. The SMILES string of the molecule is CCNC(C(C)CCOC)C1CCC(C(C)(C)C)CC1. The van der Waals surface area contributed by atoms with Gasteiger partial charge in [0.1, 0.15) is 0 Å². The van der Waals surface area contributed by atoms with Crippen LogP contribution in [0.3, 0.4) is 0 Å². The van der Waals surface area contributed by atoms with E-state index in [1.807, 2.05) is 7.11 Å². The predicted octanol–water partition coefficient (Wildman–Crippen LogP) is 4.49. The van der Waals surface area contributed by atoms with Crippen LogP contribution in [-0.4, -0.2) is 26.3 Å². The number of methoxy groups -OCH3 is 1. The summed E-state index contributed by atoms with van der Waals surface area (Å²) in [5, 5.41) is 3.76. The van der Waals surface area contributed by atoms with Crippen LogP contribution >= 0.6 is 0 Å². The first-order chi connectivity index (χ1) is 9.40. The number of hydrogen-bond donors (Lipinski definition) is 1. The summed E-state index contributed by atoms with van der Waals surface area (Å²) in [6.07, 6.45) is 6.79. The molecule has 0 aromatic carbocycles. The summed E-state index contributed by atoms with van der Waals surface area (Å²) in [5.41, 5.74) is 0.486. The predicted molar refractivity (Wildman–Crippen MR) is 88.0 cm³/mol. The molecule has 2 unspecified atom stereocenters. The van der Waals surface area contributed by atoms with Gasteiger partial charge in [-0.05, 0) is 61.8 Å². The van der Waals surface area contributed by atoms with E-state index in [4.69, 9.17) is 4.74 Å². The highest BCUT2D eigenvalue weighted by atomic mass is 16.5. The second kappa shape index (κ2) is 8.38. The zero-order valence-corrected chi connectivity index (χ0v) is 14.7. The monoisotopic (exact) mass is 283 g/mol. The molecule has 1 N–H and O–H groups in total. The van der Waals surface area contributed by atoms with E-state index in [-0.39, 0.29) is 0 Å². The van der Waals surface area contributed by atoms with Gasteiger partial charge in [-0.3, -0.25) is 0 Å². The Morgan fingerprint density at radius 2 is 1.75 bits per heavy atom. The molecular weight excluding hydrogens is 246 g/mol. The van der Waals surface area contributed by atoms with Crippen molar-refractivity contribution in [2.75, 3.05) is 20.3 Å². The molecule has 2 atom stereocenters. The lowest BCUT2D eigenvalue weighted by Crippen LogP contribution is -2.43. The lowest BCUT2D eigenvalue weighted by molar-refractivity contribution is 0.107. The quantitative estimate of drug-likeness (QED) is 0.743. The topological polar surface area (TPSA) is 21.3 Å². The maximum atomic E-state index is 5.26. The van der Waals surface area contributed by atoms with Crippen molar-refractivity contribution in [3.05, 3.63) is 0 Å². The third-order valence-corrected chi connectivity index (χ3v) is 5.33. The fourth-order valence-corrected chi connectivity index (χ4v) is 3.90. The van der Waals surface area contributed by atoms with Crippen LogP contribution in [0.4, 0.5) is 0 Å². The van der Waals surface area contributed by atoms with Crippen molar-refractivity contribution in [1.82, 2.24) is 5.32 Å². The summed E-state index contributed by atoms with van der Waals surface area (Å²) >= 11 is 0. The molecule has 0 amide bonds. The lowest BCUT2D eigenvalue weighted by Gasteiger charge is -2.41. The molecule has 0 bridgehead atoms. The minimum absolute atomic E-state index is 0.486. The van der Waals surface area contributed by atoms with Gasteiger partial charge in [0, 0.05) is 19.8 Å². The van der Waals surface area contributed by atoms with Gasteiger partial charge in [0.05, 0.1) is 0 Å². The first-order valence-electron chi connectivity index (χ1n) is 8.62. The van der Waals surface area contributed by atoms with Crippen molar-refractivity contribution in [2.45, 2.75) is 72.8 Å². The molecule has 0 saturated heterocycles. The molecule has 0 aliphatic heterocycles. The fourth-order valence-electron chi connectivity index (χ4n) is 3.90. The van der Waals surface area contributed by atoms with E-state index in [0.29, 0.717) is 17.4 Å². The number of nitrogens with one attached hydrogen (secondary N) is 1. The Labute approximate surface area is 127 Å². The maximum absolute atomic E-state index is 5.26. The molecule has 1 rings (SSSR count). The molecule has 20 heavy (non-hydrogen) atoms. The van der Waals surface area contributed by atoms with E-state index in [1.54, 1.807) is 0 Å². The van der Waals surface area contributed by atoms with Crippen molar-refractivity contribution in [2.24, 2.45) is 23.2 Å². The first-order valence-corrected chi connectivity index (χ1v) is 8.62. The molecular formula is C18H37NO. The molecule has 0 heterocycles. The standard InChI is InChI=1S/C18H37NO/c1-7-19-17(14(2)12-13-20-6)15-8-10-16(11-9-15)18(3,4)5/h14-17,19H,7-13H2,1-6H3. The molecule has 0 aromatic rings. The van der Waals surface area contributed by atoms with Gasteiger partial charge in [0.15, 0.2) is 0 Å². The van der Waals surface area contributed by atoms with E-state index < -0.39 is 0 Å². The number of rotatable bonds is 7. The highest BCUT2D eigenvalue weighted by molar-refractivity contribution is 4.87. The molecule has 2 heteroatoms. The largest absolute Gasteiger partial charge is 0.385 e. The summed E-state index contributed by atoms with van der Waals surface area (Å²) in [4.78, 5) is 0. The van der Waals surface area contributed by atoms with Crippen molar-refractivity contribution < 1.29 is 4.74 Å². The first kappa shape index (κ1) is 18.0. The van der Waals surface area contributed by atoms with Gasteiger partial charge in [-0.1, -0.05) is 34.6 Å². The second-order valence-electron chi connectivity index (χ2n) is 7.82. The summed E-state index contributed by atoms with van der Waals surface area (Å²) in [6, 6.07) is 0.677. The normalized spacial score (nSPS) is 27.3. The van der Waals surface area contributed by atoms with E-state index in [0.717, 1.165) is 25.0 Å². The number of ether oxygens (including phenoxy) is 1. The summed E-state index contributed by atoms with van der Waals surface area (Å²) in [5.74, 6) is 2.49.